The van der Waals surface area contributed by atoms with Crippen molar-refractivity contribution < 1.29 is 9.53 Å². The molecule has 1 amide bonds. The summed E-state index contributed by atoms with van der Waals surface area (Å²) in [6.45, 7) is 0.663. The first-order chi connectivity index (χ1) is 10.0. The fourth-order valence-electron chi connectivity index (χ4n) is 2.19. The Morgan fingerprint density at radius 1 is 1.19 bits per heavy atom. The Morgan fingerprint density at radius 2 is 1.86 bits per heavy atom. The van der Waals surface area contributed by atoms with Gasteiger partial charge in [-0.25, -0.2) is 0 Å². The minimum absolute atomic E-state index is 0.342. The molecule has 0 aliphatic carbocycles. The van der Waals surface area contributed by atoms with Gasteiger partial charge in [0, 0.05) is 13.6 Å². The summed E-state index contributed by atoms with van der Waals surface area (Å²) in [5.41, 5.74) is 14.0. The molecule has 0 spiro atoms. The van der Waals surface area contributed by atoms with Crippen LogP contribution in [-0.4, -0.2) is 20.1 Å². The van der Waals surface area contributed by atoms with E-state index in [0.29, 0.717) is 17.8 Å². The molecule has 0 saturated heterocycles. The summed E-state index contributed by atoms with van der Waals surface area (Å²) in [4.78, 5) is 13.3. The van der Waals surface area contributed by atoms with Gasteiger partial charge in [-0.15, -0.1) is 0 Å². The number of anilines is 2. The van der Waals surface area contributed by atoms with E-state index in [1.807, 2.05) is 42.3 Å². The fourth-order valence-corrected chi connectivity index (χ4v) is 2.19. The van der Waals surface area contributed by atoms with Gasteiger partial charge in [0.2, 0.25) is 0 Å². The van der Waals surface area contributed by atoms with Gasteiger partial charge in [0.05, 0.1) is 24.0 Å². The molecule has 5 heteroatoms. The van der Waals surface area contributed by atoms with E-state index in [1.54, 1.807) is 19.2 Å². The van der Waals surface area contributed by atoms with E-state index in [0.717, 1.165) is 17.0 Å². The normalized spacial score (nSPS) is 10.2. The maximum absolute atomic E-state index is 11.3. The van der Waals surface area contributed by atoms with Crippen LogP contribution in [0.4, 0.5) is 11.4 Å². The molecule has 21 heavy (non-hydrogen) atoms. The number of hydrogen-bond acceptors (Lipinski definition) is 4. The molecule has 4 N–H and O–H groups in total. The second-order valence-corrected chi connectivity index (χ2v) is 4.81. The van der Waals surface area contributed by atoms with Crippen molar-refractivity contribution in [1.82, 2.24) is 0 Å². The molecule has 2 aromatic carbocycles. The third-order valence-electron chi connectivity index (χ3n) is 3.34. The molecule has 0 fully saturated rings. The van der Waals surface area contributed by atoms with E-state index in [4.69, 9.17) is 16.2 Å². The Hall–Kier alpha value is -2.69. The van der Waals surface area contributed by atoms with Crippen LogP contribution in [-0.2, 0) is 6.54 Å². The number of primary amides is 1. The van der Waals surface area contributed by atoms with Gasteiger partial charge in [0.15, 0.2) is 0 Å². The molecule has 110 valence electrons. The number of rotatable bonds is 5. The van der Waals surface area contributed by atoms with Crippen molar-refractivity contribution in [3.05, 3.63) is 53.6 Å². The summed E-state index contributed by atoms with van der Waals surface area (Å²) in [5, 5.41) is 0. The van der Waals surface area contributed by atoms with Crippen LogP contribution in [0.5, 0.6) is 5.75 Å². The first-order valence-electron chi connectivity index (χ1n) is 6.55. The Bertz CT molecular complexity index is 638. The number of carbonyl (C=O) groups is 1. The molecule has 0 bridgehead atoms. The average molecular weight is 285 g/mol. The molecule has 0 radical (unpaired) electrons. The van der Waals surface area contributed by atoms with Crippen LogP contribution >= 0.6 is 0 Å². The second kappa shape index (κ2) is 6.17. The van der Waals surface area contributed by atoms with Gasteiger partial charge in [-0.05, 0) is 29.8 Å². The highest BCUT2D eigenvalue weighted by Gasteiger charge is 2.12. The molecule has 0 unspecified atom stereocenters. The van der Waals surface area contributed by atoms with Crippen molar-refractivity contribution in [1.29, 1.82) is 0 Å². The number of para-hydroxylation sites is 1. The van der Waals surface area contributed by atoms with Crippen LogP contribution in [0.15, 0.2) is 42.5 Å². The number of nitrogens with two attached hydrogens (primary N) is 2. The lowest BCUT2D eigenvalue weighted by Crippen LogP contribution is -2.20. The van der Waals surface area contributed by atoms with E-state index in [1.165, 1.54) is 0 Å². The number of benzene rings is 2. The van der Waals surface area contributed by atoms with Crippen molar-refractivity contribution in [3.8, 4) is 5.75 Å². The number of amides is 1. The predicted octanol–water partition coefficient (Wildman–Crippen LogP) is 2.01. The molecule has 0 aromatic heterocycles. The van der Waals surface area contributed by atoms with Crippen molar-refractivity contribution in [2.45, 2.75) is 6.54 Å². The molecule has 0 heterocycles. The molecular formula is C16H19N3O2. The summed E-state index contributed by atoms with van der Waals surface area (Å²) < 4.78 is 5.14. The van der Waals surface area contributed by atoms with Gasteiger partial charge in [-0.1, -0.05) is 18.2 Å². The van der Waals surface area contributed by atoms with Gasteiger partial charge in [-0.3, -0.25) is 4.79 Å². The molecular weight excluding hydrogens is 266 g/mol. The monoisotopic (exact) mass is 285 g/mol. The zero-order chi connectivity index (χ0) is 15.4. The zero-order valence-electron chi connectivity index (χ0n) is 12.2. The highest BCUT2D eigenvalue weighted by Crippen LogP contribution is 2.27. The second-order valence-electron chi connectivity index (χ2n) is 4.81. The first-order valence-corrected chi connectivity index (χ1v) is 6.55. The van der Waals surface area contributed by atoms with E-state index in [2.05, 4.69) is 0 Å². The fraction of sp³-hybridized carbons (Fsp3) is 0.188. The minimum atomic E-state index is -0.521. The molecule has 0 aliphatic heterocycles. The van der Waals surface area contributed by atoms with Crippen molar-refractivity contribution in [2.24, 2.45) is 5.73 Å². The predicted molar refractivity (Wildman–Crippen MR) is 84.5 cm³/mol. The van der Waals surface area contributed by atoms with Crippen LogP contribution < -0.4 is 21.1 Å². The molecule has 2 rings (SSSR count). The Kier molecular flexibility index (Phi) is 4.33. The first kappa shape index (κ1) is 14.7. The van der Waals surface area contributed by atoms with Gasteiger partial charge in [0.1, 0.15) is 5.75 Å². The lowest BCUT2D eigenvalue weighted by Gasteiger charge is -2.22. The summed E-state index contributed by atoms with van der Waals surface area (Å²) in [7, 11) is 3.55. The van der Waals surface area contributed by atoms with E-state index in [-0.39, 0.29) is 0 Å². The van der Waals surface area contributed by atoms with Crippen LogP contribution in [0.25, 0.3) is 0 Å². The number of nitrogen functional groups attached to an aromatic ring is 1. The summed E-state index contributed by atoms with van der Waals surface area (Å²) in [6, 6.07) is 13.1. The molecule has 2 aromatic rings. The standard InChI is InChI=1S/C16H19N3O2/c1-19(10-11-6-8-12(21-2)9-7-11)14-5-3-4-13(15(14)17)16(18)20/h3-9H,10,17H2,1-2H3,(H2,18,20). The van der Waals surface area contributed by atoms with Gasteiger partial charge in [-0.2, -0.15) is 0 Å². The largest absolute Gasteiger partial charge is 0.497 e. The Labute approximate surface area is 124 Å². The zero-order valence-corrected chi connectivity index (χ0v) is 12.2. The number of ether oxygens (including phenoxy) is 1. The smallest absolute Gasteiger partial charge is 0.250 e. The van der Waals surface area contributed by atoms with Gasteiger partial charge in [0.25, 0.3) is 5.91 Å². The summed E-state index contributed by atoms with van der Waals surface area (Å²) >= 11 is 0. The minimum Gasteiger partial charge on any atom is -0.497 e. The quantitative estimate of drug-likeness (QED) is 0.823. The maximum atomic E-state index is 11.3. The topological polar surface area (TPSA) is 81.6 Å². The molecule has 5 nitrogen and oxygen atoms in total. The Balaban J connectivity index is 2.21. The van der Waals surface area contributed by atoms with Gasteiger partial charge < -0.3 is 21.1 Å². The maximum Gasteiger partial charge on any atom is 0.250 e. The molecule has 0 saturated carbocycles. The van der Waals surface area contributed by atoms with Gasteiger partial charge >= 0.3 is 0 Å². The summed E-state index contributed by atoms with van der Waals surface area (Å²) in [5.74, 6) is 0.295. The van der Waals surface area contributed by atoms with Crippen molar-refractivity contribution in [3.63, 3.8) is 0 Å². The van der Waals surface area contributed by atoms with E-state index in [9.17, 15) is 4.79 Å². The van der Waals surface area contributed by atoms with Crippen LogP contribution in [0.1, 0.15) is 15.9 Å². The van der Waals surface area contributed by atoms with E-state index < -0.39 is 5.91 Å². The van der Waals surface area contributed by atoms with Crippen LogP contribution in [0, 0.1) is 0 Å². The highest BCUT2D eigenvalue weighted by atomic mass is 16.5. The number of hydrogen-bond donors (Lipinski definition) is 2. The lowest BCUT2D eigenvalue weighted by atomic mass is 10.1. The SMILES string of the molecule is COc1ccc(CN(C)c2cccc(C(N)=O)c2N)cc1. The number of carbonyl (C=O) groups excluding carboxylic acids is 1. The lowest BCUT2D eigenvalue weighted by molar-refractivity contribution is 0.100. The highest BCUT2D eigenvalue weighted by molar-refractivity contribution is 6.00. The summed E-state index contributed by atoms with van der Waals surface area (Å²) in [6.07, 6.45) is 0. The molecule has 0 aliphatic rings. The average Bonchev–Trinajstić information content (AvgIpc) is 2.47. The van der Waals surface area contributed by atoms with E-state index >= 15 is 0 Å². The Morgan fingerprint density at radius 3 is 2.43 bits per heavy atom. The van der Waals surface area contributed by atoms with Crippen LogP contribution in [0.3, 0.4) is 0 Å². The number of nitrogens with zero attached hydrogens (tertiary/aromatic N) is 1. The third-order valence-corrected chi connectivity index (χ3v) is 3.34. The number of methoxy groups -OCH3 is 1. The molecule has 0 atom stereocenters. The van der Waals surface area contributed by atoms with Crippen LogP contribution in [0.2, 0.25) is 0 Å². The van der Waals surface area contributed by atoms with Crippen molar-refractivity contribution in [2.75, 3.05) is 24.8 Å². The third kappa shape index (κ3) is 3.25. The van der Waals surface area contributed by atoms with Crippen molar-refractivity contribution >= 4 is 17.3 Å².